The van der Waals surface area contributed by atoms with Crippen molar-refractivity contribution in [2.75, 3.05) is 39.9 Å². The number of ether oxygens (including phenoxy) is 1. The molecule has 1 fully saturated rings. The number of aromatic nitrogens is 1. The molecule has 2 aromatic rings. The molecular formula is C21H33IN4O. The van der Waals surface area contributed by atoms with Gasteiger partial charge in [0.05, 0.1) is 6.61 Å². The minimum atomic E-state index is 0. The number of aliphatic imine (C=N–C) groups is 1. The zero-order valence-corrected chi connectivity index (χ0v) is 18.9. The van der Waals surface area contributed by atoms with Crippen LogP contribution < -0.4 is 5.32 Å². The third kappa shape index (κ3) is 6.99. The largest absolute Gasteiger partial charge is 0.379 e. The number of guanidine groups is 1. The van der Waals surface area contributed by atoms with Gasteiger partial charge in [0.1, 0.15) is 0 Å². The molecular weight excluding hydrogens is 451 g/mol. The Bertz CT molecular complexity index is 711. The van der Waals surface area contributed by atoms with Gasteiger partial charge in [0.2, 0.25) is 0 Å². The van der Waals surface area contributed by atoms with Gasteiger partial charge >= 0.3 is 0 Å². The van der Waals surface area contributed by atoms with Crippen molar-refractivity contribution in [3.8, 4) is 0 Å². The van der Waals surface area contributed by atoms with Crippen LogP contribution in [0.25, 0.3) is 10.9 Å². The average Bonchev–Trinajstić information content (AvgIpc) is 3.40. The molecule has 0 aliphatic heterocycles. The molecule has 0 radical (unpaired) electrons. The molecule has 1 aromatic heterocycles. The van der Waals surface area contributed by atoms with E-state index in [-0.39, 0.29) is 24.0 Å². The Morgan fingerprint density at radius 1 is 1.33 bits per heavy atom. The van der Waals surface area contributed by atoms with Gasteiger partial charge in [-0.2, -0.15) is 0 Å². The van der Waals surface area contributed by atoms with Crippen LogP contribution in [0, 0.1) is 5.92 Å². The van der Waals surface area contributed by atoms with Crippen molar-refractivity contribution in [2.24, 2.45) is 10.9 Å². The van der Waals surface area contributed by atoms with Gasteiger partial charge in [-0.15, -0.1) is 24.0 Å². The van der Waals surface area contributed by atoms with Crippen molar-refractivity contribution >= 4 is 40.8 Å². The highest BCUT2D eigenvalue weighted by Crippen LogP contribution is 2.28. The molecule has 0 amide bonds. The van der Waals surface area contributed by atoms with Crippen LogP contribution in [-0.2, 0) is 11.2 Å². The molecule has 6 heteroatoms. The van der Waals surface area contributed by atoms with Crippen LogP contribution in [0.5, 0.6) is 0 Å². The molecule has 1 aliphatic rings. The second-order valence-electron chi connectivity index (χ2n) is 7.14. The zero-order chi connectivity index (χ0) is 18.2. The Kier molecular flexibility index (Phi) is 9.41. The van der Waals surface area contributed by atoms with Gasteiger partial charge in [-0.3, -0.25) is 4.99 Å². The summed E-state index contributed by atoms with van der Waals surface area (Å²) in [6.07, 6.45) is 6.90. The van der Waals surface area contributed by atoms with Crippen LogP contribution in [0.4, 0.5) is 0 Å². The number of aromatic amines is 1. The number of nitrogens with zero attached hydrogens (tertiary/aromatic N) is 2. The lowest BCUT2D eigenvalue weighted by Crippen LogP contribution is -2.40. The first-order valence-corrected chi connectivity index (χ1v) is 9.90. The van der Waals surface area contributed by atoms with Gasteiger partial charge in [-0.1, -0.05) is 18.2 Å². The van der Waals surface area contributed by atoms with Crippen LogP contribution in [-0.4, -0.2) is 55.7 Å². The lowest BCUT2D eigenvalue weighted by atomic mass is 10.1. The Morgan fingerprint density at radius 3 is 2.93 bits per heavy atom. The molecule has 0 spiro atoms. The number of aryl methyl sites for hydroxylation is 1. The molecule has 2 N–H and O–H groups in total. The summed E-state index contributed by atoms with van der Waals surface area (Å²) in [6.45, 7) is 6.39. The van der Waals surface area contributed by atoms with Crippen LogP contribution in [0.2, 0.25) is 0 Å². The molecule has 0 atom stereocenters. The Morgan fingerprint density at radius 2 is 2.15 bits per heavy atom. The first-order valence-electron chi connectivity index (χ1n) is 9.90. The van der Waals surface area contributed by atoms with Crippen LogP contribution in [0.15, 0.2) is 35.5 Å². The predicted molar refractivity (Wildman–Crippen MR) is 124 cm³/mol. The maximum atomic E-state index is 5.74. The number of hydrogen-bond donors (Lipinski definition) is 2. The quantitative estimate of drug-likeness (QED) is 0.232. The fourth-order valence-corrected chi connectivity index (χ4v) is 3.10. The minimum Gasteiger partial charge on any atom is -0.379 e. The molecule has 3 rings (SSSR count). The molecule has 0 bridgehead atoms. The summed E-state index contributed by atoms with van der Waals surface area (Å²) in [5, 5.41) is 4.71. The molecule has 0 unspecified atom stereocenters. The van der Waals surface area contributed by atoms with E-state index in [9.17, 15) is 0 Å². The molecule has 5 nitrogen and oxygen atoms in total. The maximum Gasteiger partial charge on any atom is 0.193 e. The van der Waals surface area contributed by atoms with Crippen LogP contribution in [0.1, 0.15) is 31.7 Å². The molecule has 1 aliphatic carbocycles. The smallest absolute Gasteiger partial charge is 0.193 e. The molecule has 0 saturated heterocycles. The highest BCUT2D eigenvalue weighted by atomic mass is 127. The van der Waals surface area contributed by atoms with Crippen LogP contribution in [0.3, 0.4) is 0 Å². The van der Waals surface area contributed by atoms with E-state index in [2.05, 4.69) is 59.6 Å². The van der Waals surface area contributed by atoms with Gasteiger partial charge < -0.3 is 19.9 Å². The summed E-state index contributed by atoms with van der Waals surface area (Å²) in [7, 11) is 2.08. The summed E-state index contributed by atoms with van der Waals surface area (Å²) in [5.74, 6) is 1.80. The molecule has 1 saturated carbocycles. The SMILES string of the molecule is CCNC(=NCCCc1c[nH]c2ccccc12)N(C)CCOCC1CC1.I. The number of para-hydroxylation sites is 1. The van der Waals surface area contributed by atoms with Crippen molar-refractivity contribution in [2.45, 2.75) is 32.6 Å². The minimum absolute atomic E-state index is 0. The number of fused-ring (bicyclic) bond motifs is 1. The van der Waals surface area contributed by atoms with Gasteiger partial charge in [0.15, 0.2) is 5.96 Å². The first kappa shape index (κ1) is 22.0. The zero-order valence-electron chi connectivity index (χ0n) is 16.5. The number of halogens is 1. The summed E-state index contributed by atoms with van der Waals surface area (Å²) in [5.41, 5.74) is 2.59. The fraction of sp³-hybridized carbons (Fsp3) is 0.571. The first-order chi connectivity index (χ1) is 12.8. The summed E-state index contributed by atoms with van der Waals surface area (Å²) in [4.78, 5) is 10.3. The number of H-pyrrole nitrogens is 1. The van der Waals surface area contributed by atoms with Crippen molar-refractivity contribution in [1.29, 1.82) is 0 Å². The molecule has 1 aromatic carbocycles. The van der Waals surface area contributed by atoms with E-state index < -0.39 is 0 Å². The standard InChI is InChI=1S/C21H32N4O.HI/c1-3-22-21(25(2)13-14-26-16-17-10-11-17)23-12-6-7-18-15-24-20-9-5-4-8-19(18)20;/h4-5,8-9,15,17,24H,3,6-7,10-14,16H2,1-2H3,(H,22,23);1H. The number of rotatable bonds is 10. The average molecular weight is 484 g/mol. The third-order valence-corrected chi connectivity index (χ3v) is 4.86. The van der Waals surface area contributed by atoms with Gasteiger partial charge in [-0.25, -0.2) is 0 Å². The maximum absolute atomic E-state index is 5.74. The van der Waals surface area contributed by atoms with Gasteiger partial charge in [-0.05, 0) is 50.2 Å². The summed E-state index contributed by atoms with van der Waals surface area (Å²) in [6, 6.07) is 8.48. The van der Waals surface area contributed by atoms with E-state index >= 15 is 0 Å². The van der Waals surface area contributed by atoms with E-state index in [0.717, 1.165) is 57.6 Å². The van der Waals surface area contributed by atoms with Gasteiger partial charge in [0, 0.05) is 50.4 Å². The van der Waals surface area contributed by atoms with Crippen molar-refractivity contribution in [1.82, 2.24) is 15.2 Å². The normalized spacial score (nSPS) is 14.2. The number of benzene rings is 1. The summed E-state index contributed by atoms with van der Waals surface area (Å²) < 4.78 is 5.74. The number of nitrogens with one attached hydrogen (secondary N) is 2. The lowest BCUT2D eigenvalue weighted by molar-refractivity contribution is 0.115. The Balaban J connectivity index is 0.00000261. The van der Waals surface area contributed by atoms with Crippen molar-refractivity contribution in [3.63, 3.8) is 0 Å². The van der Waals surface area contributed by atoms with E-state index in [0.29, 0.717) is 0 Å². The van der Waals surface area contributed by atoms with Crippen molar-refractivity contribution < 1.29 is 4.74 Å². The molecule has 150 valence electrons. The van der Waals surface area contributed by atoms with Crippen molar-refractivity contribution in [3.05, 3.63) is 36.0 Å². The number of likely N-dealkylation sites (N-methyl/N-ethyl adjacent to an activating group) is 1. The second-order valence-corrected chi connectivity index (χ2v) is 7.14. The monoisotopic (exact) mass is 484 g/mol. The van der Waals surface area contributed by atoms with Gasteiger partial charge in [0.25, 0.3) is 0 Å². The lowest BCUT2D eigenvalue weighted by Gasteiger charge is -2.22. The van der Waals surface area contributed by atoms with E-state index in [1.54, 1.807) is 0 Å². The third-order valence-electron chi connectivity index (χ3n) is 4.86. The number of hydrogen-bond acceptors (Lipinski definition) is 2. The topological polar surface area (TPSA) is 52.7 Å². The Labute approximate surface area is 180 Å². The highest BCUT2D eigenvalue weighted by Gasteiger charge is 2.21. The van der Waals surface area contributed by atoms with E-state index in [4.69, 9.17) is 9.73 Å². The summed E-state index contributed by atoms with van der Waals surface area (Å²) >= 11 is 0. The predicted octanol–water partition coefficient (Wildman–Crippen LogP) is 4.04. The molecule has 27 heavy (non-hydrogen) atoms. The van der Waals surface area contributed by atoms with E-state index in [1.165, 1.54) is 29.3 Å². The second kappa shape index (κ2) is 11.5. The van der Waals surface area contributed by atoms with Crippen LogP contribution >= 0.6 is 24.0 Å². The molecule has 1 heterocycles. The fourth-order valence-electron chi connectivity index (χ4n) is 3.10. The Hall–Kier alpha value is -1.28. The van der Waals surface area contributed by atoms with E-state index in [1.807, 2.05) is 0 Å². The highest BCUT2D eigenvalue weighted by molar-refractivity contribution is 14.0.